The van der Waals surface area contributed by atoms with Gasteiger partial charge in [-0.3, -0.25) is 0 Å². The topological polar surface area (TPSA) is 59.7 Å². The lowest BCUT2D eigenvalue weighted by atomic mass is 10.2. The summed E-state index contributed by atoms with van der Waals surface area (Å²) in [5.74, 6) is -0.587. The highest BCUT2D eigenvalue weighted by Gasteiger charge is 2.14. The van der Waals surface area contributed by atoms with Crippen molar-refractivity contribution in [3.8, 4) is 5.75 Å². The zero-order valence-corrected chi connectivity index (χ0v) is 10.4. The maximum atomic E-state index is 10.8. The molecule has 0 amide bonds. The van der Waals surface area contributed by atoms with Crippen LogP contribution in [0.3, 0.4) is 0 Å². The minimum atomic E-state index is -1.11. The van der Waals surface area contributed by atoms with Crippen LogP contribution in [0.25, 0.3) is 0 Å². The lowest BCUT2D eigenvalue weighted by Crippen LogP contribution is -2.03. The summed E-state index contributed by atoms with van der Waals surface area (Å²) < 4.78 is 10.4. The van der Waals surface area contributed by atoms with Gasteiger partial charge in [0.15, 0.2) is 0 Å². The van der Waals surface area contributed by atoms with Crippen LogP contribution in [0.1, 0.15) is 21.7 Å². The number of carboxylic acids is 1. The molecule has 0 saturated carbocycles. The standard InChI is InChI=1S/C13H11ClO4/c1-8-2-3-10(14)6-11(8)18-7-9-4-5-17-12(9)13(15)16/h2-6H,7H2,1H3,(H,15,16). The summed E-state index contributed by atoms with van der Waals surface area (Å²) in [5.41, 5.74) is 1.42. The molecular weight excluding hydrogens is 256 g/mol. The number of aryl methyl sites for hydroxylation is 1. The Labute approximate surface area is 109 Å². The van der Waals surface area contributed by atoms with Crippen molar-refractivity contribution in [2.45, 2.75) is 13.5 Å². The van der Waals surface area contributed by atoms with E-state index in [1.165, 1.54) is 6.26 Å². The lowest BCUT2D eigenvalue weighted by Gasteiger charge is -2.08. The van der Waals surface area contributed by atoms with Gasteiger partial charge in [0.05, 0.1) is 6.26 Å². The molecule has 0 aliphatic carbocycles. The van der Waals surface area contributed by atoms with Crippen LogP contribution in [-0.4, -0.2) is 11.1 Å². The molecule has 0 radical (unpaired) electrons. The van der Waals surface area contributed by atoms with Crippen molar-refractivity contribution in [2.24, 2.45) is 0 Å². The van der Waals surface area contributed by atoms with Crippen LogP contribution in [0.5, 0.6) is 5.75 Å². The predicted molar refractivity (Wildman–Crippen MR) is 66.2 cm³/mol. The quantitative estimate of drug-likeness (QED) is 0.920. The van der Waals surface area contributed by atoms with E-state index in [2.05, 4.69) is 0 Å². The number of carboxylic acid groups (broad SMARTS) is 1. The predicted octanol–water partition coefficient (Wildman–Crippen LogP) is 3.52. The number of benzene rings is 1. The van der Waals surface area contributed by atoms with E-state index in [1.54, 1.807) is 18.2 Å². The summed E-state index contributed by atoms with van der Waals surface area (Å²) >= 11 is 5.87. The molecule has 1 aromatic carbocycles. The molecule has 1 aromatic heterocycles. The first kappa shape index (κ1) is 12.5. The van der Waals surface area contributed by atoms with Gasteiger partial charge >= 0.3 is 5.97 Å². The SMILES string of the molecule is Cc1ccc(Cl)cc1OCc1ccoc1C(=O)O. The highest BCUT2D eigenvalue weighted by atomic mass is 35.5. The van der Waals surface area contributed by atoms with Crippen molar-refractivity contribution >= 4 is 17.6 Å². The number of carbonyl (C=O) groups is 1. The third kappa shape index (κ3) is 2.65. The molecule has 0 atom stereocenters. The van der Waals surface area contributed by atoms with Crippen LogP contribution in [0.2, 0.25) is 5.02 Å². The molecule has 1 N–H and O–H groups in total. The van der Waals surface area contributed by atoms with Crippen LogP contribution in [0.4, 0.5) is 0 Å². The Morgan fingerprint density at radius 2 is 2.22 bits per heavy atom. The number of hydrogen-bond acceptors (Lipinski definition) is 3. The number of aromatic carboxylic acids is 1. The molecule has 0 bridgehead atoms. The van der Waals surface area contributed by atoms with E-state index < -0.39 is 5.97 Å². The zero-order chi connectivity index (χ0) is 13.1. The van der Waals surface area contributed by atoms with E-state index >= 15 is 0 Å². The average Bonchev–Trinajstić information content (AvgIpc) is 2.79. The molecule has 18 heavy (non-hydrogen) atoms. The molecule has 5 heteroatoms. The number of ether oxygens (including phenoxy) is 1. The molecule has 0 unspecified atom stereocenters. The zero-order valence-electron chi connectivity index (χ0n) is 9.64. The molecule has 1 heterocycles. The highest BCUT2D eigenvalue weighted by molar-refractivity contribution is 6.30. The van der Waals surface area contributed by atoms with Crippen molar-refractivity contribution in [2.75, 3.05) is 0 Å². The monoisotopic (exact) mass is 266 g/mol. The van der Waals surface area contributed by atoms with Crippen LogP contribution in [0, 0.1) is 6.92 Å². The van der Waals surface area contributed by atoms with Gasteiger partial charge in [-0.2, -0.15) is 0 Å². The Morgan fingerprint density at radius 1 is 1.44 bits per heavy atom. The third-order valence-electron chi connectivity index (χ3n) is 2.47. The maximum absolute atomic E-state index is 10.8. The first-order chi connectivity index (χ1) is 8.58. The Bertz CT molecular complexity index is 574. The fraction of sp³-hybridized carbons (Fsp3) is 0.154. The van der Waals surface area contributed by atoms with Gasteiger partial charge in [0.2, 0.25) is 5.76 Å². The minimum absolute atomic E-state index is 0.102. The molecule has 2 aromatic rings. The second-order valence-corrected chi connectivity index (χ2v) is 4.22. The summed E-state index contributed by atoms with van der Waals surface area (Å²) in [5, 5.41) is 9.45. The normalized spacial score (nSPS) is 10.3. The average molecular weight is 267 g/mol. The van der Waals surface area contributed by atoms with Crippen LogP contribution >= 0.6 is 11.6 Å². The second-order valence-electron chi connectivity index (χ2n) is 3.78. The Hall–Kier alpha value is -1.94. The fourth-order valence-electron chi connectivity index (χ4n) is 1.52. The number of hydrogen-bond donors (Lipinski definition) is 1. The molecular formula is C13H11ClO4. The first-order valence-corrected chi connectivity index (χ1v) is 5.64. The molecule has 2 rings (SSSR count). The summed E-state index contributed by atoms with van der Waals surface area (Å²) in [6.07, 6.45) is 1.33. The largest absolute Gasteiger partial charge is 0.488 e. The molecule has 0 spiro atoms. The van der Waals surface area contributed by atoms with E-state index in [9.17, 15) is 4.79 Å². The summed E-state index contributed by atoms with van der Waals surface area (Å²) in [7, 11) is 0. The number of halogens is 1. The van der Waals surface area contributed by atoms with Gasteiger partial charge < -0.3 is 14.3 Å². The highest BCUT2D eigenvalue weighted by Crippen LogP contribution is 2.24. The maximum Gasteiger partial charge on any atom is 0.372 e. The fourth-order valence-corrected chi connectivity index (χ4v) is 1.68. The molecule has 0 fully saturated rings. The third-order valence-corrected chi connectivity index (χ3v) is 2.71. The van der Waals surface area contributed by atoms with Gasteiger partial charge in [0, 0.05) is 10.6 Å². The molecule has 0 aliphatic rings. The number of rotatable bonds is 4. The Balaban J connectivity index is 2.14. The lowest BCUT2D eigenvalue weighted by molar-refractivity contribution is 0.0658. The first-order valence-electron chi connectivity index (χ1n) is 5.26. The minimum Gasteiger partial charge on any atom is -0.488 e. The van der Waals surface area contributed by atoms with Gasteiger partial charge in [-0.1, -0.05) is 17.7 Å². The van der Waals surface area contributed by atoms with Gasteiger partial charge in [-0.15, -0.1) is 0 Å². The Kier molecular flexibility index (Phi) is 3.58. The van der Waals surface area contributed by atoms with Gasteiger partial charge in [-0.05, 0) is 30.7 Å². The van der Waals surface area contributed by atoms with E-state index in [4.69, 9.17) is 25.9 Å². The van der Waals surface area contributed by atoms with Crippen molar-refractivity contribution in [1.82, 2.24) is 0 Å². The summed E-state index contributed by atoms with van der Waals surface area (Å²) in [6.45, 7) is 2.01. The second kappa shape index (κ2) is 5.14. The molecule has 4 nitrogen and oxygen atoms in total. The van der Waals surface area contributed by atoms with Crippen LogP contribution in [-0.2, 0) is 6.61 Å². The summed E-state index contributed by atoms with van der Waals surface area (Å²) in [6, 6.07) is 6.87. The molecule has 0 saturated heterocycles. The van der Waals surface area contributed by atoms with Crippen molar-refractivity contribution in [3.05, 3.63) is 52.4 Å². The van der Waals surface area contributed by atoms with E-state index in [0.29, 0.717) is 16.3 Å². The van der Waals surface area contributed by atoms with Crippen molar-refractivity contribution < 1.29 is 19.1 Å². The van der Waals surface area contributed by atoms with Gasteiger partial charge in [0.1, 0.15) is 12.4 Å². The number of furan rings is 1. The summed E-state index contributed by atoms with van der Waals surface area (Å²) in [4.78, 5) is 10.8. The van der Waals surface area contributed by atoms with Gasteiger partial charge in [-0.25, -0.2) is 4.79 Å². The van der Waals surface area contributed by atoms with Crippen LogP contribution in [0.15, 0.2) is 34.9 Å². The van der Waals surface area contributed by atoms with Crippen LogP contribution < -0.4 is 4.74 Å². The Morgan fingerprint density at radius 3 is 2.94 bits per heavy atom. The van der Waals surface area contributed by atoms with Crippen molar-refractivity contribution in [1.29, 1.82) is 0 Å². The van der Waals surface area contributed by atoms with Gasteiger partial charge in [0.25, 0.3) is 0 Å². The van der Waals surface area contributed by atoms with E-state index in [0.717, 1.165) is 5.56 Å². The smallest absolute Gasteiger partial charge is 0.372 e. The van der Waals surface area contributed by atoms with E-state index in [1.807, 2.05) is 13.0 Å². The van der Waals surface area contributed by atoms with E-state index in [-0.39, 0.29) is 12.4 Å². The molecule has 0 aliphatic heterocycles. The van der Waals surface area contributed by atoms with Crippen molar-refractivity contribution in [3.63, 3.8) is 0 Å². The molecule has 94 valence electrons.